The van der Waals surface area contributed by atoms with Gasteiger partial charge in [-0.3, -0.25) is 0 Å². The summed E-state index contributed by atoms with van der Waals surface area (Å²) in [6.45, 7) is 1.68. The van der Waals surface area contributed by atoms with Gasteiger partial charge in [0.25, 0.3) is 0 Å². The Bertz CT molecular complexity index is 971. The van der Waals surface area contributed by atoms with Gasteiger partial charge in [-0.2, -0.15) is 15.0 Å². The van der Waals surface area contributed by atoms with Crippen molar-refractivity contribution in [2.75, 3.05) is 28.6 Å². The van der Waals surface area contributed by atoms with E-state index in [-0.39, 0.29) is 21.9 Å². The lowest BCUT2D eigenvalue weighted by molar-refractivity contribution is 0.628. The highest BCUT2D eigenvalue weighted by atomic mass is 35.5. The molecule has 0 bridgehead atoms. The fourth-order valence-electron chi connectivity index (χ4n) is 2.94. The smallest absolute Gasteiger partial charge is 0.233 e. The summed E-state index contributed by atoms with van der Waals surface area (Å²) in [5, 5.41) is 6.01. The molecule has 1 fully saturated rings. The van der Waals surface area contributed by atoms with Gasteiger partial charge in [-0.1, -0.05) is 23.2 Å². The minimum atomic E-state index is -0.513. The second-order valence-corrected chi connectivity index (χ2v) is 7.30. The molecule has 0 spiro atoms. The molecule has 0 aliphatic carbocycles. The van der Waals surface area contributed by atoms with Gasteiger partial charge >= 0.3 is 0 Å². The predicted octanol–water partition coefficient (Wildman–Crippen LogP) is 5.54. The van der Waals surface area contributed by atoms with Gasteiger partial charge in [-0.05, 0) is 49.2 Å². The van der Waals surface area contributed by atoms with Crippen LogP contribution >= 0.6 is 23.2 Å². The van der Waals surface area contributed by atoms with E-state index in [2.05, 4.69) is 25.6 Å². The van der Waals surface area contributed by atoms with Crippen LogP contribution in [0.15, 0.2) is 36.4 Å². The maximum Gasteiger partial charge on any atom is 0.233 e. The second-order valence-electron chi connectivity index (χ2n) is 6.48. The highest BCUT2D eigenvalue weighted by Crippen LogP contribution is 2.26. The first kappa shape index (κ1) is 19.6. The molecule has 0 amide bonds. The number of rotatable bonds is 5. The molecule has 0 radical (unpaired) electrons. The fraction of sp³-hybridized carbons (Fsp3) is 0.211. The molecule has 0 atom stereocenters. The average molecular weight is 437 g/mol. The first-order chi connectivity index (χ1) is 14.0. The Kier molecular flexibility index (Phi) is 5.64. The van der Waals surface area contributed by atoms with Crippen LogP contribution in [0.25, 0.3) is 0 Å². The lowest BCUT2D eigenvalue weighted by atomic mass is 10.3. The molecule has 1 aliphatic rings. The van der Waals surface area contributed by atoms with Gasteiger partial charge in [-0.25, -0.2) is 8.78 Å². The van der Waals surface area contributed by atoms with Crippen LogP contribution in [0, 0.1) is 11.6 Å². The SMILES string of the molecule is Fc1ccc(Nc2nc(Nc3ccc(F)c(Cl)c3)nc(N3CCCC3)n2)cc1Cl. The maximum atomic E-state index is 13.4. The van der Waals surface area contributed by atoms with Gasteiger partial charge in [0.1, 0.15) is 11.6 Å². The van der Waals surface area contributed by atoms with E-state index in [0.717, 1.165) is 25.9 Å². The Hall–Kier alpha value is -2.71. The molecule has 29 heavy (non-hydrogen) atoms. The van der Waals surface area contributed by atoms with Crippen LogP contribution in [0.4, 0.5) is 38.0 Å². The number of nitrogens with one attached hydrogen (secondary N) is 2. The van der Waals surface area contributed by atoms with Crippen molar-refractivity contribution in [1.82, 2.24) is 15.0 Å². The van der Waals surface area contributed by atoms with E-state index < -0.39 is 11.6 Å². The standard InChI is InChI=1S/C19H16Cl2F2N6/c20-13-9-11(3-5-15(13)22)24-17-26-18(25-12-4-6-16(23)14(21)10-12)28-19(27-17)29-7-1-2-8-29/h3-6,9-10H,1-2,7-8H2,(H2,24,25,26,27,28). The molecule has 10 heteroatoms. The highest BCUT2D eigenvalue weighted by Gasteiger charge is 2.18. The number of aromatic nitrogens is 3. The Balaban J connectivity index is 1.66. The molecular formula is C19H16Cl2F2N6. The van der Waals surface area contributed by atoms with E-state index in [4.69, 9.17) is 23.2 Å². The fourth-order valence-corrected chi connectivity index (χ4v) is 3.30. The molecule has 0 unspecified atom stereocenters. The number of halogens is 4. The highest BCUT2D eigenvalue weighted by molar-refractivity contribution is 6.31. The summed E-state index contributed by atoms with van der Waals surface area (Å²) in [6.07, 6.45) is 2.11. The molecule has 4 rings (SSSR count). The van der Waals surface area contributed by atoms with Crippen molar-refractivity contribution in [3.05, 3.63) is 58.1 Å². The zero-order valence-electron chi connectivity index (χ0n) is 15.1. The molecule has 3 aromatic rings. The van der Waals surface area contributed by atoms with Gasteiger partial charge in [0, 0.05) is 24.5 Å². The van der Waals surface area contributed by atoms with Gasteiger partial charge in [-0.15, -0.1) is 0 Å². The zero-order chi connectivity index (χ0) is 20.4. The lowest BCUT2D eigenvalue weighted by Crippen LogP contribution is -2.21. The van der Waals surface area contributed by atoms with Gasteiger partial charge < -0.3 is 15.5 Å². The molecule has 6 nitrogen and oxygen atoms in total. The third-order valence-corrected chi connectivity index (χ3v) is 4.94. The summed E-state index contributed by atoms with van der Waals surface area (Å²) in [6, 6.07) is 8.48. The molecular weight excluding hydrogens is 421 g/mol. The summed E-state index contributed by atoms with van der Waals surface area (Å²) in [5.41, 5.74) is 1.07. The van der Waals surface area contributed by atoms with Crippen LogP contribution in [-0.4, -0.2) is 28.0 Å². The number of benzene rings is 2. The van der Waals surface area contributed by atoms with Crippen molar-refractivity contribution in [3.63, 3.8) is 0 Å². The predicted molar refractivity (Wildman–Crippen MR) is 111 cm³/mol. The van der Waals surface area contributed by atoms with Crippen LogP contribution in [-0.2, 0) is 0 Å². The molecule has 2 N–H and O–H groups in total. The number of hydrogen-bond donors (Lipinski definition) is 2. The van der Waals surface area contributed by atoms with Crippen LogP contribution < -0.4 is 15.5 Å². The summed E-state index contributed by atoms with van der Waals surface area (Å²) < 4.78 is 26.8. The van der Waals surface area contributed by atoms with Crippen LogP contribution in [0.2, 0.25) is 10.0 Å². The van der Waals surface area contributed by atoms with E-state index in [9.17, 15) is 8.78 Å². The van der Waals surface area contributed by atoms with Crippen molar-refractivity contribution in [3.8, 4) is 0 Å². The van der Waals surface area contributed by atoms with Crippen molar-refractivity contribution >= 4 is 52.4 Å². The van der Waals surface area contributed by atoms with Crippen molar-refractivity contribution < 1.29 is 8.78 Å². The first-order valence-electron chi connectivity index (χ1n) is 8.93. The number of hydrogen-bond acceptors (Lipinski definition) is 6. The Morgan fingerprint density at radius 3 is 1.69 bits per heavy atom. The van der Waals surface area contributed by atoms with Crippen LogP contribution in [0.1, 0.15) is 12.8 Å². The number of anilines is 5. The monoisotopic (exact) mass is 436 g/mol. The summed E-state index contributed by atoms with van der Waals surface area (Å²) in [4.78, 5) is 15.3. The normalized spacial score (nSPS) is 13.6. The average Bonchev–Trinajstić information content (AvgIpc) is 3.22. The van der Waals surface area contributed by atoms with E-state index in [1.165, 1.54) is 36.4 Å². The molecule has 1 aliphatic heterocycles. The van der Waals surface area contributed by atoms with Crippen molar-refractivity contribution in [2.24, 2.45) is 0 Å². The van der Waals surface area contributed by atoms with Crippen molar-refractivity contribution in [2.45, 2.75) is 12.8 Å². The summed E-state index contributed by atoms with van der Waals surface area (Å²) in [5.74, 6) is 0.00631. The minimum Gasteiger partial charge on any atom is -0.341 e. The topological polar surface area (TPSA) is 66.0 Å². The molecule has 150 valence electrons. The Morgan fingerprint density at radius 2 is 1.24 bits per heavy atom. The van der Waals surface area contributed by atoms with Gasteiger partial charge in [0.05, 0.1) is 10.0 Å². The quantitative estimate of drug-likeness (QED) is 0.546. The van der Waals surface area contributed by atoms with Crippen LogP contribution in [0.5, 0.6) is 0 Å². The van der Waals surface area contributed by atoms with Crippen LogP contribution in [0.3, 0.4) is 0 Å². The van der Waals surface area contributed by atoms with E-state index in [0.29, 0.717) is 17.3 Å². The minimum absolute atomic E-state index is 0.0110. The second kappa shape index (κ2) is 8.34. The molecule has 1 aromatic heterocycles. The van der Waals surface area contributed by atoms with E-state index in [1.54, 1.807) is 0 Å². The third-order valence-electron chi connectivity index (χ3n) is 4.36. The van der Waals surface area contributed by atoms with Gasteiger partial charge in [0.2, 0.25) is 17.8 Å². The van der Waals surface area contributed by atoms with E-state index in [1.807, 2.05) is 4.90 Å². The van der Waals surface area contributed by atoms with Crippen molar-refractivity contribution in [1.29, 1.82) is 0 Å². The zero-order valence-corrected chi connectivity index (χ0v) is 16.6. The first-order valence-corrected chi connectivity index (χ1v) is 9.69. The summed E-state index contributed by atoms with van der Waals surface area (Å²) in [7, 11) is 0. The maximum absolute atomic E-state index is 13.4. The third kappa shape index (κ3) is 4.65. The molecule has 1 saturated heterocycles. The Labute approximate surface area is 175 Å². The van der Waals surface area contributed by atoms with E-state index >= 15 is 0 Å². The lowest BCUT2D eigenvalue weighted by Gasteiger charge is -2.17. The number of nitrogens with zero attached hydrogens (tertiary/aromatic N) is 4. The molecule has 0 saturated carbocycles. The Morgan fingerprint density at radius 1 is 0.759 bits per heavy atom. The molecule has 2 aromatic carbocycles. The largest absolute Gasteiger partial charge is 0.341 e. The van der Waals surface area contributed by atoms with Gasteiger partial charge in [0.15, 0.2) is 0 Å². The molecule has 2 heterocycles. The summed E-state index contributed by atoms with van der Waals surface area (Å²) >= 11 is 11.7.